The van der Waals surface area contributed by atoms with E-state index in [-0.39, 0.29) is 36.3 Å². The van der Waals surface area contributed by atoms with E-state index in [1.807, 2.05) is 17.9 Å². The van der Waals surface area contributed by atoms with Crippen LogP contribution in [0.1, 0.15) is 39.3 Å². The van der Waals surface area contributed by atoms with E-state index in [9.17, 15) is 14.0 Å². The predicted molar refractivity (Wildman–Crippen MR) is 136 cm³/mol. The van der Waals surface area contributed by atoms with Crippen molar-refractivity contribution in [2.75, 3.05) is 32.7 Å². The van der Waals surface area contributed by atoms with Gasteiger partial charge < -0.3 is 9.80 Å². The highest BCUT2D eigenvalue weighted by molar-refractivity contribution is 7.10. The lowest BCUT2D eigenvalue weighted by Crippen LogP contribution is -2.57. The molecule has 0 saturated carbocycles. The Morgan fingerprint density at radius 1 is 1.09 bits per heavy atom. The van der Waals surface area contributed by atoms with Gasteiger partial charge >= 0.3 is 0 Å². The molecule has 35 heavy (non-hydrogen) atoms. The minimum atomic E-state index is -0.274. The van der Waals surface area contributed by atoms with Crippen LogP contribution in [0.5, 0.6) is 0 Å². The highest BCUT2D eigenvalue weighted by Crippen LogP contribution is 2.38. The monoisotopic (exact) mass is 511 g/mol. The predicted octanol–water partition coefficient (Wildman–Crippen LogP) is 4.86. The van der Waals surface area contributed by atoms with Crippen molar-refractivity contribution in [1.29, 1.82) is 0 Å². The van der Waals surface area contributed by atoms with Gasteiger partial charge in [-0.15, -0.1) is 11.3 Å². The zero-order valence-corrected chi connectivity index (χ0v) is 21.1. The fraction of sp³-hybridized carbons (Fsp3) is 0.333. The van der Waals surface area contributed by atoms with Crippen LogP contribution >= 0.6 is 22.9 Å². The van der Waals surface area contributed by atoms with Crippen molar-refractivity contribution in [3.63, 3.8) is 0 Å². The van der Waals surface area contributed by atoms with Crippen LogP contribution in [0.3, 0.4) is 0 Å². The van der Waals surface area contributed by atoms with Crippen molar-refractivity contribution in [3.8, 4) is 0 Å². The van der Waals surface area contributed by atoms with Crippen LogP contribution in [-0.2, 0) is 11.2 Å². The molecule has 2 aliphatic heterocycles. The summed E-state index contributed by atoms with van der Waals surface area (Å²) < 4.78 is 14.1. The van der Waals surface area contributed by atoms with Gasteiger partial charge in [-0.2, -0.15) is 0 Å². The highest BCUT2D eigenvalue weighted by Gasteiger charge is 2.35. The second-order valence-electron chi connectivity index (χ2n) is 9.14. The van der Waals surface area contributed by atoms with Crippen LogP contribution in [0.2, 0.25) is 5.02 Å². The second kappa shape index (κ2) is 10.1. The molecule has 2 aliphatic rings. The first kappa shape index (κ1) is 24.0. The van der Waals surface area contributed by atoms with E-state index in [1.165, 1.54) is 10.9 Å². The van der Waals surface area contributed by atoms with Crippen LogP contribution in [0.15, 0.2) is 60.0 Å². The SMILES string of the molecule is C[C@H]1CN(C(=O)CN2CCc3sccc3[C@H]2c2cccc(F)c2)CCN1C(=O)c1ccccc1Cl. The molecule has 3 aromatic rings. The first-order valence-electron chi connectivity index (χ1n) is 11.8. The summed E-state index contributed by atoms with van der Waals surface area (Å²) >= 11 is 7.95. The molecule has 8 heteroatoms. The standard InChI is InChI=1S/C27H27ClFN3O2S/c1-18-16-30(12-13-32(18)27(34)21-7-2-3-8-23(21)28)25(33)17-31-11-9-24-22(10-14-35-24)26(31)19-5-4-6-20(29)15-19/h2-8,10,14-15,18,26H,9,11-13,16-17H2,1H3/t18-,26+/m0/s1. The maximum Gasteiger partial charge on any atom is 0.255 e. The van der Waals surface area contributed by atoms with Gasteiger partial charge in [-0.3, -0.25) is 14.5 Å². The normalized spacial score (nSPS) is 20.5. The number of piperazine rings is 1. The number of carbonyl (C=O) groups excluding carboxylic acids is 2. The lowest BCUT2D eigenvalue weighted by Gasteiger charge is -2.42. The van der Waals surface area contributed by atoms with Crippen LogP contribution < -0.4 is 0 Å². The Hall–Kier alpha value is -2.74. The molecule has 3 heterocycles. The average Bonchev–Trinajstić information content (AvgIpc) is 3.32. The number of halogens is 2. The van der Waals surface area contributed by atoms with Crippen molar-refractivity contribution in [3.05, 3.63) is 92.4 Å². The zero-order chi connectivity index (χ0) is 24.5. The molecule has 182 valence electrons. The number of rotatable bonds is 4. The van der Waals surface area contributed by atoms with Gasteiger partial charge in [0.2, 0.25) is 5.91 Å². The number of fused-ring (bicyclic) bond motifs is 1. The summed E-state index contributed by atoms with van der Waals surface area (Å²) in [7, 11) is 0. The molecule has 0 N–H and O–H groups in total. The van der Waals surface area contributed by atoms with Gasteiger partial charge in [-0.1, -0.05) is 35.9 Å². The summed E-state index contributed by atoms with van der Waals surface area (Å²) in [6.45, 7) is 4.35. The number of benzene rings is 2. The van der Waals surface area contributed by atoms with E-state index in [4.69, 9.17) is 11.6 Å². The molecule has 2 aromatic carbocycles. The zero-order valence-electron chi connectivity index (χ0n) is 19.5. The van der Waals surface area contributed by atoms with E-state index in [0.29, 0.717) is 30.2 Å². The third-order valence-corrected chi connectivity index (χ3v) is 8.24. The molecule has 5 rings (SSSR count). The van der Waals surface area contributed by atoms with Crippen molar-refractivity contribution >= 4 is 34.8 Å². The average molecular weight is 512 g/mol. The first-order valence-corrected chi connectivity index (χ1v) is 13.1. The molecule has 5 nitrogen and oxygen atoms in total. The fourth-order valence-electron chi connectivity index (χ4n) is 5.15. The molecular formula is C27H27ClFN3O2S. The minimum Gasteiger partial charge on any atom is -0.338 e. The fourth-order valence-corrected chi connectivity index (χ4v) is 6.28. The van der Waals surface area contributed by atoms with Gasteiger partial charge in [0.1, 0.15) is 5.82 Å². The van der Waals surface area contributed by atoms with Gasteiger partial charge in [-0.05, 0) is 60.2 Å². The van der Waals surface area contributed by atoms with Crippen LogP contribution in [-0.4, -0.2) is 65.3 Å². The number of hydrogen-bond acceptors (Lipinski definition) is 4. The molecular weight excluding hydrogens is 485 g/mol. The van der Waals surface area contributed by atoms with E-state index >= 15 is 0 Å². The van der Waals surface area contributed by atoms with Gasteiger partial charge in [0.05, 0.1) is 23.2 Å². The summed E-state index contributed by atoms with van der Waals surface area (Å²) in [5.74, 6) is -0.353. The Bertz CT molecular complexity index is 1250. The summed E-state index contributed by atoms with van der Waals surface area (Å²) in [5.41, 5.74) is 2.50. The van der Waals surface area contributed by atoms with Crippen molar-refractivity contribution in [1.82, 2.24) is 14.7 Å². The highest BCUT2D eigenvalue weighted by atomic mass is 35.5. The molecule has 1 aromatic heterocycles. The third kappa shape index (κ3) is 4.85. The van der Waals surface area contributed by atoms with E-state index in [0.717, 1.165) is 24.1 Å². The van der Waals surface area contributed by atoms with Gasteiger partial charge in [0, 0.05) is 37.1 Å². The number of hydrogen-bond donors (Lipinski definition) is 0. The summed E-state index contributed by atoms with van der Waals surface area (Å²) in [4.78, 5) is 33.5. The molecule has 1 fully saturated rings. The molecule has 0 bridgehead atoms. The molecule has 2 amide bonds. The Morgan fingerprint density at radius 3 is 2.69 bits per heavy atom. The Kier molecular flexibility index (Phi) is 6.91. The van der Waals surface area contributed by atoms with Crippen molar-refractivity contribution in [2.45, 2.75) is 25.4 Å². The lowest BCUT2D eigenvalue weighted by molar-refractivity contribution is -0.135. The van der Waals surface area contributed by atoms with E-state index < -0.39 is 0 Å². The maximum absolute atomic E-state index is 14.1. The van der Waals surface area contributed by atoms with Crippen LogP contribution in [0.25, 0.3) is 0 Å². The second-order valence-corrected chi connectivity index (χ2v) is 10.6. The maximum atomic E-state index is 14.1. The third-order valence-electron chi connectivity index (χ3n) is 6.91. The summed E-state index contributed by atoms with van der Waals surface area (Å²) in [6.07, 6.45) is 0.878. The quantitative estimate of drug-likeness (QED) is 0.502. The number of carbonyl (C=O) groups is 2. The number of amides is 2. The summed E-state index contributed by atoms with van der Waals surface area (Å²) in [5, 5.41) is 2.50. The Morgan fingerprint density at radius 2 is 1.91 bits per heavy atom. The first-order chi connectivity index (χ1) is 16.9. The smallest absolute Gasteiger partial charge is 0.255 e. The largest absolute Gasteiger partial charge is 0.338 e. The molecule has 2 atom stereocenters. The molecule has 0 radical (unpaired) electrons. The van der Waals surface area contributed by atoms with Gasteiger partial charge in [0.25, 0.3) is 5.91 Å². The number of nitrogens with zero attached hydrogens (tertiary/aromatic N) is 3. The summed E-state index contributed by atoms with van der Waals surface area (Å²) in [6, 6.07) is 15.5. The van der Waals surface area contributed by atoms with Crippen molar-refractivity contribution in [2.24, 2.45) is 0 Å². The van der Waals surface area contributed by atoms with Gasteiger partial charge in [-0.25, -0.2) is 4.39 Å². The lowest BCUT2D eigenvalue weighted by atomic mass is 9.93. The minimum absolute atomic E-state index is 0.0294. The van der Waals surface area contributed by atoms with Crippen LogP contribution in [0, 0.1) is 5.82 Å². The Balaban J connectivity index is 1.29. The van der Waals surface area contributed by atoms with Crippen LogP contribution in [0.4, 0.5) is 4.39 Å². The molecule has 0 aliphatic carbocycles. The molecule has 0 unspecified atom stereocenters. The van der Waals surface area contributed by atoms with E-state index in [2.05, 4.69) is 16.3 Å². The topological polar surface area (TPSA) is 43.9 Å². The number of thiophene rings is 1. The van der Waals surface area contributed by atoms with Gasteiger partial charge in [0.15, 0.2) is 0 Å². The molecule has 0 spiro atoms. The molecule has 1 saturated heterocycles. The Labute approximate surface area is 213 Å². The van der Waals surface area contributed by atoms with Crippen molar-refractivity contribution < 1.29 is 14.0 Å². The van der Waals surface area contributed by atoms with E-state index in [1.54, 1.807) is 52.6 Å².